The summed E-state index contributed by atoms with van der Waals surface area (Å²) in [4.78, 5) is 9.61. The van der Waals surface area contributed by atoms with Gasteiger partial charge in [-0.2, -0.15) is 0 Å². The zero-order valence-electron chi connectivity index (χ0n) is 11.5. The van der Waals surface area contributed by atoms with Crippen molar-refractivity contribution in [1.29, 1.82) is 0 Å². The Morgan fingerprint density at radius 2 is 2.16 bits per heavy atom. The predicted molar refractivity (Wildman–Crippen MR) is 82.2 cm³/mol. The molecule has 0 radical (unpaired) electrons. The fourth-order valence-corrected chi connectivity index (χ4v) is 2.54. The minimum Gasteiger partial charge on any atom is -0.392 e. The lowest BCUT2D eigenvalue weighted by Gasteiger charge is -2.37. The first-order valence-electron chi connectivity index (χ1n) is 6.81. The zero-order chi connectivity index (χ0) is 13.7. The number of pyridine rings is 1. The molecular weight excluding hydrogens is 256 g/mol. The number of piperazine rings is 1. The van der Waals surface area contributed by atoms with Crippen LogP contribution in [0.4, 0.5) is 0 Å². The second-order valence-corrected chi connectivity index (χ2v) is 5.54. The van der Waals surface area contributed by atoms with Crippen molar-refractivity contribution in [1.82, 2.24) is 14.8 Å². The van der Waals surface area contributed by atoms with Crippen LogP contribution in [0, 0.1) is 0 Å². The van der Waals surface area contributed by atoms with Gasteiger partial charge in [0.2, 0.25) is 0 Å². The van der Waals surface area contributed by atoms with Gasteiger partial charge in [-0.3, -0.25) is 9.88 Å². The average molecular weight is 278 g/mol. The first-order chi connectivity index (χ1) is 9.16. The Hall–Kier alpha value is -1.04. The molecule has 4 nitrogen and oxygen atoms in total. The van der Waals surface area contributed by atoms with E-state index in [0.29, 0.717) is 4.99 Å². The highest BCUT2D eigenvalue weighted by Gasteiger charge is 2.21. The summed E-state index contributed by atoms with van der Waals surface area (Å²) in [5.41, 5.74) is 7.01. The van der Waals surface area contributed by atoms with E-state index in [0.717, 1.165) is 39.1 Å². The van der Waals surface area contributed by atoms with Crippen molar-refractivity contribution in [2.75, 3.05) is 32.7 Å². The molecule has 0 bridgehead atoms. The Kier molecular flexibility index (Phi) is 5.24. The molecule has 2 heterocycles. The highest BCUT2D eigenvalue weighted by molar-refractivity contribution is 7.80. The van der Waals surface area contributed by atoms with E-state index >= 15 is 0 Å². The van der Waals surface area contributed by atoms with Crippen molar-refractivity contribution in [3.63, 3.8) is 0 Å². The molecule has 1 aliphatic rings. The van der Waals surface area contributed by atoms with Crippen LogP contribution in [0.2, 0.25) is 0 Å². The molecule has 1 saturated heterocycles. The van der Waals surface area contributed by atoms with Crippen molar-refractivity contribution in [3.8, 4) is 0 Å². The van der Waals surface area contributed by atoms with Gasteiger partial charge in [0, 0.05) is 45.1 Å². The molecule has 0 saturated carbocycles. The number of hydrogen-bond donors (Lipinski definition) is 1. The lowest BCUT2D eigenvalue weighted by molar-refractivity contribution is 0.124. The Labute approximate surface area is 120 Å². The van der Waals surface area contributed by atoms with E-state index in [1.807, 2.05) is 18.5 Å². The summed E-state index contributed by atoms with van der Waals surface area (Å²) in [6, 6.07) is 4.35. The quantitative estimate of drug-likeness (QED) is 0.811. The van der Waals surface area contributed by atoms with E-state index in [-0.39, 0.29) is 6.04 Å². The minimum atomic E-state index is 0.218. The molecule has 0 spiro atoms. The number of aromatic nitrogens is 1. The molecular formula is C14H22N4S. The molecule has 1 aromatic heterocycles. The number of thiocarbonyl (C=S) groups is 1. The van der Waals surface area contributed by atoms with Crippen LogP contribution >= 0.6 is 12.2 Å². The van der Waals surface area contributed by atoms with Gasteiger partial charge >= 0.3 is 0 Å². The van der Waals surface area contributed by atoms with Gasteiger partial charge in [0.05, 0.1) is 11.0 Å². The Bertz CT molecular complexity index is 401. The van der Waals surface area contributed by atoms with Crippen LogP contribution in [0.15, 0.2) is 24.5 Å². The predicted octanol–water partition coefficient (Wildman–Crippen LogP) is 0.916. The summed E-state index contributed by atoms with van der Waals surface area (Å²) in [5.74, 6) is 0. The standard InChI is InChI=1S/C14H22N4S/c1-12(14(15)19)18-9-7-17(8-10-18)6-4-13-3-2-5-16-11-13/h2-3,5,11-12H,4,6-10H2,1H3,(H2,15,19). The third kappa shape index (κ3) is 4.23. The third-order valence-corrected chi connectivity index (χ3v) is 4.15. The van der Waals surface area contributed by atoms with E-state index in [1.54, 1.807) is 0 Å². The molecule has 0 aromatic carbocycles. The third-order valence-electron chi connectivity index (χ3n) is 3.81. The number of nitrogens with zero attached hydrogens (tertiary/aromatic N) is 3. The molecule has 1 unspecified atom stereocenters. The van der Waals surface area contributed by atoms with Crippen LogP contribution < -0.4 is 5.73 Å². The second-order valence-electron chi connectivity index (χ2n) is 5.07. The number of hydrogen-bond acceptors (Lipinski definition) is 4. The van der Waals surface area contributed by atoms with Gasteiger partial charge in [-0.05, 0) is 25.0 Å². The lowest BCUT2D eigenvalue weighted by Crippen LogP contribution is -2.52. The summed E-state index contributed by atoms with van der Waals surface area (Å²) in [6.45, 7) is 7.46. The highest BCUT2D eigenvalue weighted by Crippen LogP contribution is 2.08. The summed E-state index contributed by atoms with van der Waals surface area (Å²) >= 11 is 5.06. The van der Waals surface area contributed by atoms with E-state index < -0.39 is 0 Å². The van der Waals surface area contributed by atoms with Crippen LogP contribution in [-0.2, 0) is 6.42 Å². The van der Waals surface area contributed by atoms with Gasteiger partial charge < -0.3 is 10.6 Å². The summed E-state index contributed by atoms with van der Waals surface area (Å²) in [6.07, 6.45) is 4.84. The van der Waals surface area contributed by atoms with Gasteiger partial charge in [-0.15, -0.1) is 0 Å². The molecule has 1 fully saturated rings. The molecule has 19 heavy (non-hydrogen) atoms. The van der Waals surface area contributed by atoms with Crippen molar-refractivity contribution >= 4 is 17.2 Å². The summed E-state index contributed by atoms with van der Waals surface area (Å²) in [5, 5.41) is 0. The van der Waals surface area contributed by atoms with Crippen LogP contribution in [0.25, 0.3) is 0 Å². The van der Waals surface area contributed by atoms with Gasteiger partial charge in [0.15, 0.2) is 0 Å². The zero-order valence-corrected chi connectivity index (χ0v) is 12.3. The van der Waals surface area contributed by atoms with Crippen molar-refractivity contribution in [2.24, 2.45) is 5.73 Å². The Morgan fingerprint density at radius 3 is 2.74 bits per heavy atom. The molecule has 2 rings (SSSR count). The number of rotatable bonds is 5. The summed E-state index contributed by atoms with van der Waals surface area (Å²) < 4.78 is 0. The Balaban J connectivity index is 1.73. The highest BCUT2D eigenvalue weighted by atomic mass is 32.1. The van der Waals surface area contributed by atoms with E-state index in [4.69, 9.17) is 18.0 Å². The maximum atomic E-state index is 5.71. The van der Waals surface area contributed by atoms with Crippen molar-refractivity contribution < 1.29 is 0 Å². The fraction of sp³-hybridized carbons (Fsp3) is 0.571. The van der Waals surface area contributed by atoms with Gasteiger partial charge in [-0.1, -0.05) is 18.3 Å². The monoisotopic (exact) mass is 278 g/mol. The van der Waals surface area contributed by atoms with E-state index in [1.165, 1.54) is 5.56 Å². The molecule has 0 amide bonds. The topological polar surface area (TPSA) is 45.4 Å². The minimum absolute atomic E-state index is 0.218. The maximum absolute atomic E-state index is 5.71. The molecule has 1 atom stereocenters. The molecule has 1 aromatic rings. The van der Waals surface area contributed by atoms with Gasteiger partial charge in [-0.25, -0.2) is 0 Å². The van der Waals surface area contributed by atoms with E-state index in [2.05, 4.69) is 27.8 Å². The van der Waals surface area contributed by atoms with Crippen LogP contribution in [-0.4, -0.2) is 58.5 Å². The smallest absolute Gasteiger partial charge is 0.0899 e. The SMILES string of the molecule is CC(C(N)=S)N1CCN(CCc2cccnc2)CC1. The van der Waals surface area contributed by atoms with Crippen LogP contribution in [0.5, 0.6) is 0 Å². The van der Waals surface area contributed by atoms with Crippen LogP contribution in [0.1, 0.15) is 12.5 Å². The average Bonchev–Trinajstić information content (AvgIpc) is 2.46. The molecule has 0 aliphatic carbocycles. The van der Waals surface area contributed by atoms with Gasteiger partial charge in [0.25, 0.3) is 0 Å². The molecule has 2 N–H and O–H groups in total. The molecule has 104 valence electrons. The fourth-order valence-electron chi connectivity index (χ4n) is 2.39. The lowest BCUT2D eigenvalue weighted by atomic mass is 10.2. The van der Waals surface area contributed by atoms with Crippen molar-refractivity contribution in [3.05, 3.63) is 30.1 Å². The maximum Gasteiger partial charge on any atom is 0.0899 e. The largest absolute Gasteiger partial charge is 0.392 e. The molecule has 5 heteroatoms. The first-order valence-corrected chi connectivity index (χ1v) is 7.22. The molecule has 1 aliphatic heterocycles. The second kappa shape index (κ2) is 6.93. The number of nitrogens with two attached hydrogens (primary N) is 1. The Morgan fingerprint density at radius 1 is 1.42 bits per heavy atom. The van der Waals surface area contributed by atoms with Crippen LogP contribution in [0.3, 0.4) is 0 Å². The van der Waals surface area contributed by atoms with E-state index in [9.17, 15) is 0 Å². The first kappa shape index (κ1) is 14.4. The van der Waals surface area contributed by atoms with Gasteiger partial charge in [0.1, 0.15) is 0 Å². The summed E-state index contributed by atoms with van der Waals surface area (Å²) in [7, 11) is 0. The normalized spacial score (nSPS) is 19.2. The van der Waals surface area contributed by atoms with Crippen molar-refractivity contribution in [2.45, 2.75) is 19.4 Å².